The minimum Gasteiger partial charge on any atom is -0.303 e. The second-order valence-corrected chi connectivity index (χ2v) is 8.16. The van der Waals surface area contributed by atoms with E-state index in [9.17, 15) is 13.2 Å². The highest BCUT2D eigenvalue weighted by Crippen LogP contribution is 2.52. The molecule has 1 saturated carbocycles. The third-order valence-electron chi connectivity index (χ3n) is 4.13. The standard InChI is InChI=1S/C17H15ClO3S/c1-11-2-4-12(5-3-11)16-15(10-19)17(16)22(20,21)14-8-6-13(18)7-9-14/h2-10,15-17H,1H3. The lowest BCUT2D eigenvalue weighted by atomic mass is 10.1. The van der Waals surface area contributed by atoms with Crippen molar-refractivity contribution in [3.8, 4) is 0 Å². The average Bonchev–Trinajstić information content (AvgIpc) is 3.24. The number of rotatable bonds is 4. The van der Waals surface area contributed by atoms with E-state index in [4.69, 9.17) is 11.6 Å². The summed E-state index contributed by atoms with van der Waals surface area (Å²) in [6.07, 6.45) is 0.753. The zero-order valence-corrected chi connectivity index (χ0v) is 13.5. The summed E-state index contributed by atoms with van der Waals surface area (Å²) in [4.78, 5) is 11.5. The molecule has 0 N–H and O–H groups in total. The second-order valence-electron chi connectivity index (χ2n) is 5.61. The molecule has 3 unspecified atom stereocenters. The number of aldehydes is 1. The SMILES string of the molecule is Cc1ccc(C2C(C=O)C2S(=O)(=O)c2ccc(Cl)cc2)cc1. The van der Waals surface area contributed by atoms with Gasteiger partial charge in [-0.05, 0) is 36.8 Å². The van der Waals surface area contributed by atoms with Crippen LogP contribution in [-0.2, 0) is 14.6 Å². The Bertz CT molecular complexity index is 795. The highest BCUT2D eigenvalue weighted by molar-refractivity contribution is 7.92. The van der Waals surface area contributed by atoms with Crippen molar-refractivity contribution in [1.82, 2.24) is 0 Å². The maximum Gasteiger partial charge on any atom is 0.182 e. The summed E-state index contributed by atoms with van der Waals surface area (Å²) in [5.41, 5.74) is 1.99. The number of hydrogen-bond acceptors (Lipinski definition) is 3. The molecule has 0 bridgehead atoms. The van der Waals surface area contributed by atoms with Crippen molar-refractivity contribution in [2.75, 3.05) is 0 Å². The van der Waals surface area contributed by atoms with Crippen LogP contribution in [-0.4, -0.2) is 20.0 Å². The fourth-order valence-electron chi connectivity index (χ4n) is 2.85. The van der Waals surface area contributed by atoms with Crippen molar-refractivity contribution >= 4 is 27.7 Å². The van der Waals surface area contributed by atoms with Crippen molar-refractivity contribution in [3.63, 3.8) is 0 Å². The minimum atomic E-state index is -3.54. The van der Waals surface area contributed by atoms with E-state index in [1.54, 1.807) is 12.1 Å². The lowest BCUT2D eigenvalue weighted by Crippen LogP contribution is -2.11. The van der Waals surface area contributed by atoms with Crippen LogP contribution in [0, 0.1) is 12.8 Å². The van der Waals surface area contributed by atoms with Crippen molar-refractivity contribution < 1.29 is 13.2 Å². The van der Waals surface area contributed by atoms with Gasteiger partial charge in [0.2, 0.25) is 0 Å². The fraction of sp³-hybridized carbons (Fsp3) is 0.235. The summed E-state index contributed by atoms with van der Waals surface area (Å²) in [5, 5.41) is -0.203. The van der Waals surface area contributed by atoms with Gasteiger partial charge in [0.15, 0.2) is 9.84 Å². The Morgan fingerprint density at radius 2 is 1.59 bits per heavy atom. The number of halogens is 1. The van der Waals surface area contributed by atoms with E-state index in [1.165, 1.54) is 12.1 Å². The number of hydrogen-bond donors (Lipinski definition) is 0. The fourth-order valence-corrected chi connectivity index (χ4v) is 5.09. The Morgan fingerprint density at radius 3 is 2.14 bits per heavy atom. The molecule has 0 aromatic heterocycles. The summed E-state index contributed by atoms with van der Waals surface area (Å²) in [6.45, 7) is 1.97. The molecule has 114 valence electrons. The van der Waals surface area contributed by atoms with Gasteiger partial charge in [0.25, 0.3) is 0 Å². The molecular weight excluding hydrogens is 320 g/mol. The van der Waals surface area contributed by atoms with Gasteiger partial charge in [-0.3, -0.25) is 0 Å². The first-order chi connectivity index (χ1) is 10.4. The maximum absolute atomic E-state index is 12.7. The quantitative estimate of drug-likeness (QED) is 0.805. The number of carbonyl (C=O) groups is 1. The number of sulfone groups is 1. The van der Waals surface area contributed by atoms with Gasteiger partial charge >= 0.3 is 0 Å². The van der Waals surface area contributed by atoms with Crippen LogP contribution in [0.3, 0.4) is 0 Å². The molecule has 22 heavy (non-hydrogen) atoms. The zero-order valence-electron chi connectivity index (χ0n) is 11.9. The van der Waals surface area contributed by atoms with Gasteiger partial charge < -0.3 is 4.79 Å². The van der Waals surface area contributed by atoms with Gasteiger partial charge in [0.05, 0.1) is 10.1 Å². The van der Waals surface area contributed by atoms with E-state index < -0.39 is 21.0 Å². The Kier molecular flexibility index (Phi) is 3.83. The monoisotopic (exact) mass is 334 g/mol. The van der Waals surface area contributed by atoms with Gasteiger partial charge in [-0.2, -0.15) is 0 Å². The minimum absolute atomic E-state index is 0.211. The normalized spacial score (nSPS) is 24.0. The van der Waals surface area contributed by atoms with Crippen LogP contribution >= 0.6 is 11.6 Å². The average molecular weight is 335 g/mol. The Balaban J connectivity index is 1.95. The first kappa shape index (κ1) is 15.3. The van der Waals surface area contributed by atoms with E-state index in [0.29, 0.717) is 5.02 Å². The first-order valence-corrected chi connectivity index (χ1v) is 8.89. The summed E-state index contributed by atoms with van der Waals surface area (Å²) in [7, 11) is -3.54. The largest absolute Gasteiger partial charge is 0.303 e. The molecule has 5 heteroatoms. The predicted octanol–water partition coefficient (Wildman–Crippen LogP) is 3.40. The van der Waals surface area contributed by atoms with E-state index in [-0.39, 0.29) is 10.8 Å². The van der Waals surface area contributed by atoms with Gasteiger partial charge in [0, 0.05) is 16.9 Å². The third-order valence-corrected chi connectivity index (χ3v) is 6.63. The predicted molar refractivity (Wildman–Crippen MR) is 85.9 cm³/mol. The molecule has 0 spiro atoms. The molecule has 1 aliphatic rings. The van der Waals surface area contributed by atoms with Crippen LogP contribution in [0.5, 0.6) is 0 Å². The molecule has 1 aliphatic carbocycles. The Labute approximate surface area is 134 Å². The van der Waals surface area contributed by atoms with Crippen LogP contribution in [0.2, 0.25) is 5.02 Å². The molecule has 3 nitrogen and oxygen atoms in total. The van der Waals surface area contributed by atoms with Crippen molar-refractivity contribution in [2.24, 2.45) is 5.92 Å². The topological polar surface area (TPSA) is 51.2 Å². The van der Waals surface area contributed by atoms with E-state index in [2.05, 4.69) is 0 Å². The lowest BCUT2D eigenvalue weighted by Gasteiger charge is -2.04. The van der Waals surface area contributed by atoms with Gasteiger partial charge in [-0.15, -0.1) is 0 Å². The molecular formula is C17H15ClO3S. The molecule has 0 amide bonds. The number of benzene rings is 2. The van der Waals surface area contributed by atoms with Crippen molar-refractivity contribution in [3.05, 3.63) is 64.7 Å². The van der Waals surface area contributed by atoms with Crippen LogP contribution in [0.4, 0.5) is 0 Å². The smallest absolute Gasteiger partial charge is 0.182 e. The Morgan fingerprint density at radius 1 is 1.00 bits per heavy atom. The highest BCUT2D eigenvalue weighted by Gasteiger charge is 2.58. The summed E-state index contributed by atoms with van der Waals surface area (Å²) in [6, 6.07) is 13.7. The van der Waals surface area contributed by atoms with Crippen LogP contribution in [0.1, 0.15) is 17.0 Å². The summed E-state index contributed by atoms with van der Waals surface area (Å²) < 4.78 is 25.4. The van der Waals surface area contributed by atoms with Crippen molar-refractivity contribution in [2.45, 2.75) is 23.0 Å². The molecule has 0 aliphatic heterocycles. The first-order valence-electron chi connectivity index (χ1n) is 6.96. The van der Waals surface area contributed by atoms with Crippen LogP contribution in [0.15, 0.2) is 53.4 Å². The molecule has 1 fully saturated rings. The molecule has 3 atom stereocenters. The van der Waals surface area contributed by atoms with E-state index in [1.807, 2.05) is 31.2 Å². The number of carbonyl (C=O) groups excluding carboxylic acids is 1. The number of aryl methyl sites for hydroxylation is 1. The van der Waals surface area contributed by atoms with E-state index >= 15 is 0 Å². The molecule has 0 radical (unpaired) electrons. The molecule has 3 rings (SSSR count). The molecule has 2 aromatic carbocycles. The highest BCUT2D eigenvalue weighted by atomic mass is 35.5. The summed E-state index contributed by atoms with van der Waals surface area (Å²) >= 11 is 5.80. The second kappa shape index (κ2) is 5.52. The van der Waals surface area contributed by atoms with Gasteiger partial charge in [-0.25, -0.2) is 8.42 Å². The van der Waals surface area contributed by atoms with Crippen LogP contribution < -0.4 is 0 Å². The summed E-state index contributed by atoms with van der Waals surface area (Å²) in [5.74, 6) is -0.748. The van der Waals surface area contributed by atoms with Crippen molar-refractivity contribution in [1.29, 1.82) is 0 Å². The molecule has 2 aromatic rings. The molecule has 0 heterocycles. The maximum atomic E-state index is 12.7. The third kappa shape index (κ3) is 2.57. The van der Waals surface area contributed by atoms with Gasteiger partial charge in [0.1, 0.15) is 6.29 Å². The lowest BCUT2D eigenvalue weighted by molar-refractivity contribution is -0.108. The zero-order chi connectivity index (χ0) is 15.9. The Hall–Kier alpha value is -1.65. The van der Waals surface area contributed by atoms with E-state index in [0.717, 1.165) is 17.4 Å². The van der Waals surface area contributed by atoms with Gasteiger partial charge in [-0.1, -0.05) is 41.4 Å². The van der Waals surface area contributed by atoms with Crippen LogP contribution in [0.25, 0.3) is 0 Å². The molecule has 0 saturated heterocycles.